The summed E-state index contributed by atoms with van der Waals surface area (Å²) in [6.45, 7) is 0.728. The van der Waals surface area contributed by atoms with Crippen LogP contribution in [0.4, 0.5) is 8.78 Å². The first-order valence-electron chi connectivity index (χ1n) is 4.33. The fraction of sp³-hybridized carbons (Fsp3) is 0.875. The Balaban J connectivity index is 1.85. The molecule has 74 valence electrons. The van der Waals surface area contributed by atoms with Crippen LogP contribution in [-0.2, 0) is 4.79 Å². The van der Waals surface area contributed by atoms with Gasteiger partial charge in [0.25, 0.3) is 0 Å². The summed E-state index contributed by atoms with van der Waals surface area (Å²) in [5, 5.41) is 0. The highest BCUT2D eigenvalue weighted by Crippen LogP contribution is 2.43. The van der Waals surface area contributed by atoms with Gasteiger partial charge < -0.3 is 4.90 Å². The van der Waals surface area contributed by atoms with E-state index < -0.39 is 11.8 Å². The molecule has 0 radical (unpaired) electrons. The first-order chi connectivity index (χ1) is 6.08. The fourth-order valence-electron chi connectivity index (χ4n) is 1.68. The molecule has 0 aromatic heterocycles. The van der Waals surface area contributed by atoms with Crippen LogP contribution in [0.2, 0.25) is 0 Å². The van der Waals surface area contributed by atoms with E-state index in [4.69, 9.17) is 0 Å². The summed E-state index contributed by atoms with van der Waals surface area (Å²) in [5.41, 5.74) is 0. The van der Waals surface area contributed by atoms with E-state index in [1.165, 1.54) is 0 Å². The molecule has 5 heteroatoms. The summed E-state index contributed by atoms with van der Waals surface area (Å²) < 4.78 is 24.9. The van der Waals surface area contributed by atoms with Gasteiger partial charge in [-0.1, -0.05) is 0 Å². The Labute approximate surface area is 79.7 Å². The van der Waals surface area contributed by atoms with Crippen LogP contribution in [0.5, 0.6) is 0 Å². The maximum atomic E-state index is 12.5. The van der Waals surface area contributed by atoms with Gasteiger partial charge in [-0.2, -0.15) is 0 Å². The SMILES string of the molecule is O=C(C1CC(F)(F)C1)N1CCSC1. The highest BCUT2D eigenvalue weighted by Gasteiger charge is 2.49. The second-order valence-electron chi connectivity index (χ2n) is 3.60. The smallest absolute Gasteiger partial charge is 0.249 e. The van der Waals surface area contributed by atoms with Crippen molar-refractivity contribution in [1.82, 2.24) is 4.90 Å². The number of carbonyl (C=O) groups excluding carboxylic acids is 1. The molecule has 0 unspecified atom stereocenters. The van der Waals surface area contributed by atoms with Crippen LogP contribution in [0.3, 0.4) is 0 Å². The minimum Gasteiger partial charge on any atom is -0.332 e. The van der Waals surface area contributed by atoms with Crippen molar-refractivity contribution in [3.05, 3.63) is 0 Å². The van der Waals surface area contributed by atoms with Crippen molar-refractivity contribution in [2.45, 2.75) is 18.8 Å². The van der Waals surface area contributed by atoms with E-state index >= 15 is 0 Å². The number of amides is 1. The number of carbonyl (C=O) groups is 1. The number of hydrogen-bond acceptors (Lipinski definition) is 2. The van der Waals surface area contributed by atoms with E-state index in [1.807, 2.05) is 0 Å². The number of nitrogens with zero attached hydrogens (tertiary/aromatic N) is 1. The van der Waals surface area contributed by atoms with Crippen molar-refractivity contribution in [2.24, 2.45) is 5.92 Å². The van der Waals surface area contributed by atoms with Gasteiger partial charge in [0.15, 0.2) is 0 Å². The average Bonchev–Trinajstić information content (AvgIpc) is 2.50. The topological polar surface area (TPSA) is 20.3 Å². The summed E-state index contributed by atoms with van der Waals surface area (Å²) in [6.07, 6.45) is -0.486. The number of thioether (sulfide) groups is 1. The van der Waals surface area contributed by atoms with Crippen molar-refractivity contribution in [3.63, 3.8) is 0 Å². The molecule has 1 aliphatic heterocycles. The summed E-state index contributed by atoms with van der Waals surface area (Å²) >= 11 is 1.68. The van der Waals surface area contributed by atoms with Crippen molar-refractivity contribution in [2.75, 3.05) is 18.2 Å². The summed E-state index contributed by atoms with van der Waals surface area (Å²) in [5.74, 6) is -1.44. The second kappa shape index (κ2) is 3.12. The number of halogens is 2. The van der Waals surface area contributed by atoms with Crippen LogP contribution >= 0.6 is 11.8 Å². The maximum absolute atomic E-state index is 12.5. The molecule has 1 amide bonds. The zero-order chi connectivity index (χ0) is 9.47. The standard InChI is InChI=1S/C8H11F2NOS/c9-8(10)3-6(4-8)7(12)11-1-2-13-5-11/h6H,1-5H2. The molecule has 0 atom stereocenters. The largest absolute Gasteiger partial charge is 0.332 e. The van der Waals surface area contributed by atoms with Crippen LogP contribution in [0, 0.1) is 5.92 Å². The highest BCUT2D eigenvalue weighted by atomic mass is 32.2. The monoisotopic (exact) mass is 207 g/mol. The Kier molecular flexibility index (Phi) is 2.21. The minimum absolute atomic E-state index is 0.0732. The molecule has 2 aliphatic rings. The lowest BCUT2D eigenvalue weighted by atomic mass is 9.80. The first-order valence-corrected chi connectivity index (χ1v) is 5.48. The maximum Gasteiger partial charge on any atom is 0.249 e. The highest BCUT2D eigenvalue weighted by molar-refractivity contribution is 7.99. The molecule has 0 aromatic carbocycles. The van der Waals surface area contributed by atoms with Crippen LogP contribution < -0.4 is 0 Å². The number of alkyl halides is 2. The Morgan fingerprint density at radius 3 is 2.62 bits per heavy atom. The van der Waals surface area contributed by atoms with Crippen molar-refractivity contribution in [3.8, 4) is 0 Å². The zero-order valence-electron chi connectivity index (χ0n) is 7.13. The molecule has 2 rings (SSSR count). The molecule has 2 fully saturated rings. The van der Waals surface area contributed by atoms with E-state index in [2.05, 4.69) is 0 Å². The van der Waals surface area contributed by atoms with Gasteiger partial charge in [0.05, 0.1) is 5.88 Å². The molecule has 0 aromatic rings. The quantitative estimate of drug-likeness (QED) is 0.650. The third-order valence-electron chi connectivity index (χ3n) is 2.50. The summed E-state index contributed by atoms with van der Waals surface area (Å²) in [7, 11) is 0. The third kappa shape index (κ3) is 1.80. The molecular formula is C8H11F2NOS. The van der Waals surface area contributed by atoms with Crippen molar-refractivity contribution < 1.29 is 13.6 Å². The van der Waals surface area contributed by atoms with E-state index in [9.17, 15) is 13.6 Å². The first kappa shape index (κ1) is 9.24. The van der Waals surface area contributed by atoms with Crippen LogP contribution in [0.25, 0.3) is 0 Å². The normalized spacial score (nSPS) is 27.4. The molecule has 0 spiro atoms. The summed E-state index contributed by atoms with van der Waals surface area (Å²) in [4.78, 5) is 13.2. The van der Waals surface area contributed by atoms with Crippen LogP contribution in [0.15, 0.2) is 0 Å². The molecule has 13 heavy (non-hydrogen) atoms. The molecule has 1 heterocycles. The van der Waals surface area contributed by atoms with Gasteiger partial charge >= 0.3 is 0 Å². The Bertz CT molecular complexity index is 220. The van der Waals surface area contributed by atoms with Gasteiger partial charge in [-0.15, -0.1) is 11.8 Å². The molecule has 1 saturated heterocycles. The Hall–Kier alpha value is -0.320. The van der Waals surface area contributed by atoms with Crippen molar-refractivity contribution in [1.29, 1.82) is 0 Å². The van der Waals surface area contributed by atoms with Crippen LogP contribution in [-0.4, -0.2) is 34.9 Å². The minimum atomic E-state index is -2.58. The van der Waals surface area contributed by atoms with Gasteiger partial charge in [-0.3, -0.25) is 4.79 Å². The van der Waals surface area contributed by atoms with E-state index in [0.717, 1.165) is 12.3 Å². The molecule has 0 N–H and O–H groups in total. The Morgan fingerprint density at radius 2 is 2.15 bits per heavy atom. The molecule has 2 nitrogen and oxygen atoms in total. The number of hydrogen-bond donors (Lipinski definition) is 0. The zero-order valence-corrected chi connectivity index (χ0v) is 7.95. The van der Waals surface area contributed by atoms with Gasteiger partial charge in [0.2, 0.25) is 11.8 Å². The van der Waals surface area contributed by atoms with Gasteiger partial charge in [-0.05, 0) is 0 Å². The van der Waals surface area contributed by atoms with Crippen LogP contribution in [0.1, 0.15) is 12.8 Å². The summed E-state index contributed by atoms with van der Waals surface area (Å²) in [6, 6.07) is 0. The van der Waals surface area contributed by atoms with Gasteiger partial charge in [-0.25, -0.2) is 8.78 Å². The predicted molar refractivity (Wildman–Crippen MR) is 46.7 cm³/mol. The molecule has 1 aliphatic carbocycles. The van der Waals surface area contributed by atoms with E-state index in [0.29, 0.717) is 5.88 Å². The molecule has 0 bridgehead atoms. The van der Waals surface area contributed by atoms with Gasteiger partial charge in [0, 0.05) is 31.1 Å². The van der Waals surface area contributed by atoms with Crippen molar-refractivity contribution >= 4 is 17.7 Å². The van der Waals surface area contributed by atoms with Gasteiger partial charge in [0.1, 0.15) is 0 Å². The third-order valence-corrected chi connectivity index (χ3v) is 3.47. The molecule has 1 saturated carbocycles. The van der Waals surface area contributed by atoms with E-state index in [-0.39, 0.29) is 18.7 Å². The second-order valence-corrected chi connectivity index (χ2v) is 4.67. The lowest BCUT2D eigenvalue weighted by Crippen LogP contribution is -2.45. The lowest BCUT2D eigenvalue weighted by molar-refractivity contribution is -0.158. The fourth-order valence-corrected chi connectivity index (χ4v) is 2.64. The number of rotatable bonds is 1. The predicted octanol–water partition coefficient (Wildman–Crippen LogP) is 1.56. The molecular weight excluding hydrogens is 196 g/mol. The Morgan fingerprint density at radius 1 is 1.46 bits per heavy atom. The lowest BCUT2D eigenvalue weighted by Gasteiger charge is -2.35. The average molecular weight is 207 g/mol. The van der Waals surface area contributed by atoms with E-state index in [1.54, 1.807) is 16.7 Å².